The smallest absolute Gasteiger partial charge is 0.140 e. The summed E-state index contributed by atoms with van der Waals surface area (Å²) < 4.78 is 7.52. The van der Waals surface area contributed by atoms with Gasteiger partial charge in [-0.2, -0.15) is 5.10 Å². The Labute approximate surface area is 118 Å². The Hall–Kier alpha value is -1.26. The van der Waals surface area contributed by atoms with Crippen molar-refractivity contribution >= 4 is 11.8 Å². The molecule has 4 heteroatoms. The lowest BCUT2D eigenvalue weighted by molar-refractivity contribution is 0.0732. The van der Waals surface area contributed by atoms with Crippen molar-refractivity contribution in [3.05, 3.63) is 35.4 Å². The van der Waals surface area contributed by atoms with Crippen LogP contribution in [0.15, 0.2) is 29.3 Å². The van der Waals surface area contributed by atoms with E-state index in [0.717, 1.165) is 25.1 Å². The van der Waals surface area contributed by atoms with Crippen LogP contribution in [-0.4, -0.2) is 22.6 Å². The molecule has 3 rings (SSSR count). The summed E-state index contributed by atoms with van der Waals surface area (Å²) in [6.45, 7) is 3.27. The molecular weight excluding hydrogens is 256 g/mol. The molecule has 3 nitrogen and oxygen atoms in total. The van der Waals surface area contributed by atoms with Gasteiger partial charge in [-0.25, -0.2) is 4.68 Å². The summed E-state index contributed by atoms with van der Waals surface area (Å²) >= 11 is 1.76. The average molecular weight is 274 g/mol. The van der Waals surface area contributed by atoms with Gasteiger partial charge in [0.2, 0.25) is 0 Å². The van der Waals surface area contributed by atoms with Crippen molar-refractivity contribution in [2.45, 2.75) is 31.5 Å². The van der Waals surface area contributed by atoms with Crippen LogP contribution in [0.2, 0.25) is 0 Å². The van der Waals surface area contributed by atoms with Crippen molar-refractivity contribution in [1.29, 1.82) is 0 Å². The Morgan fingerprint density at radius 1 is 1.32 bits per heavy atom. The van der Waals surface area contributed by atoms with Crippen LogP contribution in [0.5, 0.6) is 0 Å². The van der Waals surface area contributed by atoms with Gasteiger partial charge in [0.05, 0.1) is 5.69 Å². The number of aryl methyl sites for hydroxylation is 1. The number of thioether (sulfide) groups is 1. The van der Waals surface area contributed by atoms with Gasteiger partial charge in [0, 0.05) is 17.7 Å². The summed E-state index contributed by atoms with van der Waals surface area (Å²) in [5, 5.41) is 6.02. The van der Waals surface area contributed by atoms with E-state index < -0.39 is 0 Å². The lowest BCUT2D eigenvalue weighted by Crippen LogP contribution is -2.05. The minimum atomic E-state index is 0.543. The van der Waals surface area contributed by atoms with Gasteiger partial charge in [-0.15, -0.1) is 11.8 Å². The van der Waals surface area contributed by atoms with Crippen molar-refractivity contribution in [1.82, 2.24) is 9.78 Å². The molecule has 0 N–H and O–H groups in total. The molecule has 1 aliphatic rings. The van der Waals surface area contributed by atoms with Gasteiger partial charge in [-0.3, -0.25) is 0 Å². The van der Waals surface area contributed by atoms with Crippen LogP contribution in [0.4, 0.5) is 0 Å². The molecule has 0 unspecified atom stereocenters. The van der Waals surface area contributed by atoms with Crippen LogP contribution in [0, 0.1) is 0 Å². The fourth-order valence-electron chi connectivity index (χ4n) is 2.65. The summed E-state index contributed by atoms with van der Waals surface area (Å²) in [7, 11) is 0. The van der Waals surface area contributed by atoms with E-state index in [1.807, 2.05) is 11.6 Å². The molecule has 1 aromatic carbocycles. The number of aromatic nitrogens is 2. The van der Waals surface area contributed by atoms with E-state index in [2.05, 4.69) is 30.5 Å². The molecule has 0 amide bonds. The highest BCUT2D eigenvalue weighted by molar-refractivity contribution is 7.98. The summed E-state index contributed by atoms with van der Waals surface area (Å²) in [6.07, 6.45) is 4.30. The molecule has 19 heavy (non-hydrogen) atoms. The first-order valence-electron chi connectivity index (χ1n) is 6.64. The Morgan fingerprint density at radius 3 is 2.95 bits per heavy atom. The van der Waals surface area contributed by atoms with E-state index in [9.17, 15) is 0 Å². The molecule has 0 aliphatic heterocycles. The van der Waals surface area contributed by atoms with E-state index in [1.165, 1.54) is 21.7 Å². The molecule has 0 radical (unpaired) electrons. The third-order valence-electron chi connectivity index (χ3n) is 3.53. The van der Waals surface area contributed by atoms with Gasteiger partial charge >= 0.3 is 0 Å². The van der Waals surface area contributed by atoms with Crippen molar-refractivity contribution < 1.29 is 4.74 Å². The van der Waals surface area contributed by atoms with E-state index >= 15 is 0 Å². The molecule has 0 bridgehead atoms. The summed E-state index contributed by atoms with van der Waals surface area (Å²) in [6, 6.07) is 8.58. The minimum Gasteiger partial charge on any atom is -0.359 e. The van der Waals surface area contributed by atoms with Crippen molar-refractivity contribution in [2.24, 2.45) is 0 Å². The SMILES string of the molecule is CCOCn1nc2c(c1SC)CCc1ccccc1-2. The van der Waals surface area contributed by atoms with Crippen molar-refractivity contribution in [3.63, 3.8) is 0 Å². The molecule has 2 aromatic rings. The fourth-order valence-corrected chi connectivity index (χ4v) is 3.40. The van der Waals surface area contributed by atoms with E-state index in [1.54, 1.807) is 11.8 Å². The highest BCUT2D eigenvalue weighted by atomic mass is 32.2. The molecular formula is C15H18N2OS. The lowest BCUT2D eigenvalue weighted by atomic mass is 9.91. The van der Waals surface area contributed by atoms with E-state index in [4.69, 9.17) is 9.84 Å². The normalized spacial score (nSPS) is 13.2. The molecule has 0 saturated carbocycles. The van der Waals surface area contributed by atoms with Crippen molar-refractivity contribution in [2.75, 3.05) is 12.9 Å². The van der Waals surface area contributed by atoms with Gasteiger partial charge in [0.1, 0.15) is 11.8 Å². The number of hydrogen-bond donors (Lipinski definition) is 0. The van der Waals surface area contributed by atoms with Crippen LogP contribution < -0.4 is 0 Å². The van der Waals surface area contributed by atoms with Gasteiger partial charge in [0.15, 0.2) is 0 Å². The summed E-state index contributed by atoms with van der Waals surface area (Å²) in [4.78, 5) is 0. The largest absolute Gasteiger partial charge is 0.359 e. The Kier molecular flexibility index (Phi) is 3.62. The molecule has 1 aliphatic carbocycles. The number of fused-ring (bicyclic) bond motifs is 3. The molecule has 100 valence electrons. The molecule has 0 spiro atoms. The molecule has 0 atom stereocenters. The first kappa shape index (κ1) is 12.8. The number of benzene rings is 1. The second-order valence-electron chi connectivity index (χ2n) is 4.62. The van der Waals surface area contributed by atoms with Crippen LogP contribution in [0.3, 0.4) is 0 Å². The quantitative estimate of drug-likeness (QED) is 0.800. The Balaban J connectivity index is 2.08. The first-order valence-corrected chi connectivity index (χ1v) is 7.87. The zero-order valence-electron chi connectivity index (χ0n) is 11.3. The zero-order valence-corrected chi connectivity index (χ0v) is 12.2. The third kappa shape index (κ3) is 2.19. The van der Waals surface area contributed by atoms with Crippen molar-refractivity contribution in [3.8, 4) is 11.3 Å². The van der Waals surface area contributed by atoms with Crippen LogP contribution in [0.1, 0.15) is 18.1 Å². The van der Waals surface area contributed by atoms with Crippen LogP contribution in [-0.2, 0) is 24.3 Å². The van der Waals surface area contributed by atoms with Gasteiger partial charge in [-0.05, 0) is 31.6 Å². The topological polar surface area (TPSA) is 27.1 Å². The van der Waals surface area contributed by atoms with Gasteiger partial charge < -0.3 is 4.74 Å². The van der Waals surface area contributed by atoms with Crippen LogP contribution in [0.25, 0.3) is 11.3 Å². The molecule has 0 fully saturated rings. The second-order valence-corrected chi connectivity index (χ2v) is 5.41. The summed E-state index contributed by atoms with van der Waals surface area (Å²) in [5.74, 6) is 0. The minimum absolute atomic E-state index is 0.543. The molecule has 0 saturated heterocycles. The fraction of sp³-hybridized carbons (Fsp3) is 0.400. The lowest BCUT2D eigenvalue weighted by Gasteiger charge is -2.15. The standard InChI is InChI=1S/C15H18N2OS/c1-3-18-10-17-15(19-2)13-9-8-11-6-4-5-7-12(11)14(13)16-17/h4-7H,3,8-10H2,1-2H3. The van der Waals surface area contributed by atoms with Gasteiger partial charge in [-0.1, -0.05) is 24.3 Å². The van der Waals surface area contributed by atoms with E-state index in [0.29, 0.717) is 6.73 Å². The Morgan fingerprint density at radius 2 is 2.16 bits per heavy atom. The van der Waals surface area contributed by atoms with E-state index in [-0.39, 0.29) is 0 Å². The second kappa shape index (κ2) is 5.39. The predicted octanol–water partition coefficient (Wildman–Crippen LogP) is 3.36. The zero-order chi connectivity index (χ0) is 13.2. The third-order valence-corrected chi connectivity index (χ3v) is 4.37. The maximum atomic E-state index is 5.51. The summed E-state index contributed by atoms with van der Waals surface area (Å²) in [5.41, 5.74) is 5.22. The molecule has 1 aromatic heterocycles. The maximum absolute atomic E-state index is 5.51. The maximum Gasteiger partial charge on any atom is 0.140 e. The highest BCUT2D eigenvalue weighted by Crippen LogP contribution is 2.37. The molecule has 1 heterocycles. The predicted molar refractivity (Wildman–Crippen MR) is 78.5 cm³/mol. The number of ether oxygens (including phenoxy) is 1. The average Bonchev–Trinajstić information content (AvgIpc) is 2.82. The Bertz CT molecular complexity index is 592. The number of nitrogens with zero attached hydrogens (tertiary/aromatic N) is 2. The highest BCUT2D eigenvalue weighted by Gasteiger charge is 2.23. The number of rotatable bonds is 4. The van der Waals surface area contributed by atoms with Gasteiger partial charge in [0.25, 0.3) is 0 Å². The number of hydrogen-bond acceptors (Lipinski definition) is 3. The van der Waals surface area contributed by atoms with Crippen LogP contribution >= 0.6 is 11.8 Å². The monoisotopic (exact) mass is 274 g/mol. The first-order chi connectivity index (χ1) is 9.35.